The average molecular weight is 215 g/mol. The fourth-order valence-corrected chi connectivity index (χ4v) is 1.50. The number of phenolic OH excluding ortho intramolecular Hbond substituents is 1. The number of hydrogen-bond acceptors (Lipinski definition) is 4. The summed E-state index contributed by atoms with van der Waals surface area (Å²) in [5, 5.41) is 9.37. The van der Waals surface area contributed by atoms with Gasteiger partial charge in [-0.15, -0.1) is 0 Å². The molecule has 0 aliphatic rings. The van der Waals surface area contributed by atoms with Crippen LogP contribution < -0.4 is 11.5 Å². The van der Waals surface area contributed by atoms with Gasteiger partial charge in [0, 0.05) is 17.7 Å². The zero-order valence-electron chi connectivity index (χ0n) is 8.72. The molecule has 2 rings (SSSR count). The van der Waals surface area contributed by atoms with E-state index in [4.69, 9.17) is 11.5 Å². The number of hydrogen-bond donors (Lipinski definition) is 3. The van der Waals surface area contributed by atoms with E-state index in [0.717, 1.165) is 16.8 Å². The summed E-state index contributed by atoms with van der Waals surface area (Å²) in [7, 11) is 0. The van der Waals surface area contributed by atoms with Crippen molar-refractivity contribution in [2.45, 2.75) is 6.54 Å². The van der Waals surface area contributed by atoms with Crippen LogP contribution in [0.2, 0.25) is 0 Å². The van der Waals surface area contributed by atoms with Gasteiger partial charge in [0.05, 0.1) is 5.69 Å². The molecule has 0 unspecified atom stereocenters. The number of rotatable bonds is 2. The van der Waals surface area contributed by atoms with Crippen molar-refractivity contribution in [2.24, 2.45) is 5.73 Å². The maximum absolute atomic E-state index is 9.37. The number of benzene rings is 1. The molecule has 0 saturated heterocycles. The van der Waals surface area contributed by atoms with Crippen LogP contribution in [-0.2, 0) is 6.54 Å². The third-order valence-corrected chi connectivity index (χ3v) is 2.37. The van der Waals surface area contributed by atoms with E-state index in [1.54, 1.807) is 18.2 Å². The Kier molecular flexibility index (Phi) is 2.74. The summed E-state index contributed by atoms with van der Waals surface area (Å²) in [6.45, 7) is 0.374. The molecule has 0 bridgehead atoms. The van der Waals surface area contributed by atoms with Crippen LogP contribution in [0.5, 0.6) is 5.75 Å². The second-order valence-electron chi connectivity index (χ2n) is 3.50. The van der Waals surface area contributed by atoms with Crippen LogP contribution >= 0.6 is 0 Å². The van der Waals surface area contributed by atoms with Crippen molar-refractivity contribution in [3.05, 3.63) is 42.0 Å². The van der Waals surface area contributed by atoms with E-state index in [-0.39, 0.29) is 5.75 Å². The molecule has 0 aliphatic carbocycles. The average Bonchev–Trinajstić information content (AvgIpc) is 2.29. The Bertz CT molecular complexity index is 511. The summed E-state index contributed by atoms with van der Waals surface area (Å²) in [5.74, 6) is 0.643. The molecule has 82 valence electrons. The molecule has 0 spiro atoms. The predicted molar refractivity (Wildman–Crippen MR) is 63.6 cm³/mol. The van der Waals surface area contributed by atoms with Crippen LogP contribution in [0, 0.1) is 0 Å². The molecule has 2 aromatic rings. The van der Waals surface area contributed by atoms with Gasteiger partial charge in [0.15, 0.2) is 0 Å². The van der Waals surface area contributed by atoms with Crippen molar-refractivity contribution in [1.29, 1.82) is 0 Å². The predicted octanol–water partition coefficient (Wildman–Crippen LogP) is 1.50. The van der Waals surface area contributed by atoms with E-state index in [2.05, 4.69) is 4.98 Å². The molecule has 0 saturated carbocycles. The summed E-state index contributed by atoms with van der Waals surface area (Å²) in [6, 6.07) is 10.6. The largest absolute Gasteiger partial charge is 0.508 e. The third kappa shape index (κ3) is 1.97. The number of anilines is 1. The lowest BCUT2D eigenvalue weighted by Gasteiger charge is -2.06. The maximum Gasteiger partial charge on any atom is 0.128 e. The first-order chi connectivity index (χ1) is 7.70. The molecule has 0 aliphatic heterocycles. The van der Waals surface area contributed by atoms with Gasteiger partial charge in [0.25, 0.3) is 0 Å². The monoisotopic (exact) mass is 215 g/mol. The fourth-order valence-electron chi connectivity index (χ4n) is 1.50. The number of aromatic nitrogens is 1. The van der Waals surface area contributed by atoms with Gasteiger partial charge in [0.1, 0.15) is 11.6 Å². The Morgan fingerprint density at radius 1 is 1.19 bits per heavy atom. The highest BCUT2D eigenvalue weighted by atomic mass is 16.3. The first-order valence-corrected chi connectivity index (χ1v) is 4.95. The van der Waals surface area contributed by atoms with Crippen LogP contribution in [0.25, 0.3) is 11.3 Å². The first kappa shape index (κ1) is 10.4. The molecule has 1 heterocycles. The molecule has 0 radical (unpaired) electrons. The minimum Gasteiger partial charge on any atom is -0.508 e. The fraction of sp³-hybridized carbons (Fsp3) is 0.0833. The van der Waals surface area contributed by atoms with Crippen LogP contribution in [0.3, 0.4) is 0 Å². The Hall–Kier alpha value is -2.07. The Balaban J connectivity index is 2.45. The summed E-state index contributed by atoms with van der Waals surface area (Å²) in [6.07, 6.45) is 0. The molecule has 4 nitrogen and oxygen atoms in total. The normalized spacial score (nSPS) is 10.3. The minimum absolute atomic E-state index is 0.209. The van der Waals surface area contributed by atoms with E-state index in [1.165, 1.54) is 0 Å². The molecular formula is C12H13N3O. The SMILES string of the molecule is NCc1ccc(-c2cccc(O)c2)nc1N. The van der Waals surface area contributed by atoms with Crippen molar-refractivity contribution in [3.63, 3.8) is 0 Å². The molecule has 1 aromatic carbocycles. The summed E-state index contributed by atoms with van der Waals surface area (Å²) < 4.78 is 0. The number of aromatic hydroxyl groups is 1. The van der Waals surface area contributed by atoms with Gasteiger partial charge < -0.3 is 16.6 Å². The Labute approximate surface area is 93.5 Å². The summed E-state index contributed by atoms with van der Waals surface area (Å²) >= 11 is 0. The first-order valence-electron chi connectivity index (χ1n) is 4.95. The second kappa shape index (κ2) is 4.20. The van der Waals surface area contributed by atoms with Gasteiger partial charge in [-0.25, -0.2) is 4.98 Å². The number of nitrogen functional groups attached to an aromatic ring is 1. The Morgan fingerprint density at radius 3 is 2.62 bits per heavy atom. The van der Waals surface area contributed by atoms with Crippen molar-refractivity contribution in [2.75, 3.05) is 5.73 Å². The van der Waals surface area contributed by atoms with Gasteiger partial charge in [-0.3, -0.25) is 0 Å². The van der Waals surface area contributed by atoms with Crippen molar-refractivity contribution >= 4 is 5.82 Å². The van der Waals surface area contributed by atoms with Crippen molar-refractivity contribution in [3.8, 4) is 17.0 Å². The van der Waals surface area contributed by atoms with Crippen LogP contribution in [0.15, 0.2) is 36.4 Å². The molecule has 4 heteroatoms. The third-order valence-electron chi connectivity index (χ3n) is 2.37. The van der Waals surface area contributed by atoms with Gasteiger partial charge >= 0.3 is 0 Å². The quantitative estimate of drug-likeness (QED) is 0.708. The lowest BCUT2D eigenvalue weighted by Crippen LogP contribution is -2.03. The van der Waals surface area contributed by atoms with Gasteiger partial charge in [-0.2, -0.15) is 0 Å². The van der Waals surface area contributed by atoms with Crippen molar-refractivity contribution in [1.82, 2.24) is 4.98 Å². The number of phenols is 1. The molecule has 0 amide bonds. The van der Waals surface area contributed by atoms with E-state index in [9.17, 15) is 5.11 Å². The number of nitrogens with zero attached hydrogens (tertiary/aromatic N) is 1. The zero-order chi connectivity index (χ0) is 11.5. The molecular weight excluding hydrogens is 202 g/mol. The maximum atomic E-state index is 9.37. The zero-order valence-corrected chi connectivity index (χ0v) is 8.72. The smallest absolute Gasteiger partial charge is 0.128 e. The van der Waals surface area contributed by atoms with Gasteiger partial charge in [-0.1, -0.05) is 18.2 Å². The molecule has 1 aromatic heterocycles. The van der Waals surface area contributed by atoms with E-state index < -0.39 is 0 Å². The highest BCUT2D eigenvalue weighted by Gasteiger charge is 2.03. The summed E-state index contributed by atoms with van der Waals surface area (Å²) in [5.41, 5.74) is 13.6. The lowest BCUT2D eigenvalue weighted by atomic mass is 10.1. The highest BCUT2D eigenvalue weighted by Crippen LogP contribution is 2.23. The number of nitrogens with two attached hydrogens (primary N) is 2. The topological polar surface area (TPSA) is 85.2 Å². The molecule has 0 atom stereocenters. The van der Waals surface area contributed by atoms with Gasteiger partial charge in [-0.05, 0) is 18.2 Å². The van der Waals surface area contributed by atoms with E-state index in [0.29, 0.717) is 12.4 Å². The van der Waals surface area contributed by atoms with Gasteiger partial charge in [0.2, 0.25) is 0 Å². The standard InChI is InChI=1S/C12H13N3O/c13-7-9-4-5-11(15-12(9)14)8-2-1-3-10(16)6-8/h1-6,16H,7,13H2,(H2,14,15). The van der Waals surface area contributed by atoms with E-state index in [1.807, 2.05) is 18.2 Å². The summed E-state index contributed by atoms with van der Waals surface area (Å²) in [4.78, 5) is 4.24. The molecule has 16 heavy (non-hydrogen) atoms. The molecule has 0 fully saturated rings. The highest BCUT2D eigenvalue weighted by molar-refractivity contribution is 5.63. The lowest BCUT2D eigenvalue weighted by molar-refractivity contribution is 0.475. The van der Waals surface area contributed by atoms with Crippen molar-refractivity contribution < 1.29 is 5.11 Å². The van der Waals surface area contributed by atoms with Crippen LogP contribution in [-0.4, -0.2) is 10.1 Å². The second-order valence-corrected chi connectivity index (χ2v) is 3.50. The number of pyridine rings is 1. The Morgan fingerprint density at radius 2 is 2.00 bits per heavy atom. The van der Waals surface area contributed by atoms with E-state index >= 15 is 0 Å². The van der Waals surface area contributed by atoms with Crippen LogP contribution in [0.1, 0.15) is 5.56 Å². The molecule has 5 N–H and O–H groups in total. The minimum atomic E-state index is 0.209. The van der Waals surface area contributed by atoms with Crippen LogP contribution in [0.4, 0.5) is 5.82 Å².